The van der Waals surface area contributed by atoms with E-state index in [0.717, 1.165) is 22.7 Å². The molecule has 0 radical (unpaired) electrons. The average Bonchev–Trinajstić information content (AvgIpc) is 3.06. The Morgan fingerprint density at radius 3 is 1.11 bits per heavy atom. The summed E-state index contributed by atoms with van der Waals surface area (Å²) in [5, 5.41) is 4.88. The first-order chi connectivity index (χ1) is 21.9. The quantitative estimate of drug-likeness (QED) is 0.142. The summed E-state index contributed by atoms with van der Waals surface area (Å²) in [6.07, 6.45) is 0. The van der Waals surface area contributed by atoms with Crippen molar-refractivity contribution >= 4 is 55.7 Å². The van der Waals surface area contributed by atoms with E-state index in [2.05, 4.69) is 184 Å². The molecule has 0 spiro atoms. The number of aryl methyl sites for hydroxylation is 5. The van der Waals surface area contributed by atoms with Crippen molar-refractivity contribution in [2.75, 3.05) is 9.80 Å². The van der Waals surface area contributed by atoms with Crippen molar-refractivity contribution in [1.29, 1.82) is 0 Å². The lowest BCUT2D eigenvalue weighted by Gasteiger charge is -2.33. The maximum absolute atomic E-state index is 2.45. The Hall–Kier alpha value is -5.34. The Kier molecular flexibility index (Phi) is 7.35. The van der Waals surface area contributed by atoms with E-state index in [4.69, 9.17) is 0 Å². The molecule has 0 heterocycles. The fourth-order valence-electron chi connectivity index (χ4n) is 6.40. The summed E-state index contributed by atoms with van der Waals surface area (Å²) in [6.45, 7) is 10.9. The summed E-state index contributed by atoms with van der Waals surface area (Å²) in [4.78, 5) is 4.89. The summed E-state index contributed by atoms with van der Waals surface area (Å²) in [7, 11) is 0. The van der Waals surface area contributed by atoms with Gasteiger partial charge in [0.25, 0.3) is 0 Å². The van der Waals surface area contributed by atoms with Crippen LogP contribution >= 0.6 is 0 Å². The van der Waals surface area contributed by atoms with E-state index in [-0.39, 0.29) is 0 Å². The van der Waals surface area contributed by atoms with Crippen molar-refractivity contribution in [3.05, 3.63) is 167 Å². The van der Waals surface area contributed by atoms with Gasteiger partial charge in [-0.25, -0.2) is 0 Å². The van der Waals surface area contributed by atoms with Crippen LogP contribution in [0.1, 0.15) is 27.8 Å². The number of anilines is 6. The number of benzene rings is 7. The lowest BCUT2D eigenvalue weighted by Crippen LogP contribution is -2.15. The van der Waals surface area contributed by atoms with Gasteiger partial charge in [-0.3, -0.25) is 0 Å². The highest BCUT2D eigenvalue weighted by molar-refractivity contribution is 6.23. The minimum absolute atomic E-state index is 1.13. The second-order valence-corrected chi connectivity index (χ2v) is 12.2. The minimum atomic E-state index is 1.13. The number of para-hydroxylation sites is 2. The molecule has 0 aromatic heterocycles. The summed E-state index contributed by atoms with van der Waals surface area (Å²) in [5.41, 5.74) is 13.2. The molecule has 7 rings (SSSR count). The van der Waals surface area contributed by atoms with Gasteiger partial charge < -0.3 is 9.80 Å². The molecule has 0 aliphatic heterocycles. The van der Waals surface area contributed by atoms with Crippen molar-refractivity contribution in [2.45, 2.75) is 34.6 Å². The van der Waals surface area contributed by atoms with Gasteiger partial charge in [-0.1, -0.05) is 89.5 Å². The van der Waals surface area contributed by atoms with Gasteiger partial charge in [-0.2, -0.15) is 0 Å². The minimum Gasteiger partial charge on any atom is -0.309 e. The Morgan fingerprint density at radius 1 is 0.311 bits per heavy atom. The van der Waals surface area contributed by atoms with Crippen molar-refractivity contribution in [3.8, 4) is 0 Å². The number of rotatable bonds is 6. The van der Waals surface area contributed by atoms with Gasteiger partial charge in [-0.15, -0.1) is 0 Å². The Morgan fingerprint density at radius 2 is 0.667 bits per heavy atom. The maximum Gasteiger partial charge on any atom is 0.0620 e. The van der Waals surface area contributed by atoms with Crippen LogP contribution in [0.15, 0.2) is 140 Å². The SMILES string of the molecule is Cc1ccc(N(c2ccccc2)c2c3ccc(C)cc3c(N(c3ccccc3)c3ccc(C)cc3)c3cc(C)c(C)cc23)cc1. The third kappa shape index (κ3) is 5.23. The molecule has 2 nitrogen and oxygen atoms in total. The highest BCUT2D eigenvalue weighted by atomic mass is 15.2. The van der Waals surface area contributed by atoms with Crippen LogP contribution in [0.3, 0.4) is 0 Å². The molecular weight excluding hydrogens is 544 g/mol. The normalized spacial score (nSPS) is 11.2. The summed E-state index contributed by atoms with van der Waals surface area (Å²) in [6, 6.07) is 51.1. The van der Waals surface area contributed by atoms with Gasteiger partial charge in [0, 0.05) is 44.3 Å². The first kappa shape index (κ1) is 28.4. The second-order valence-electron chi connectivity index (χ2n) is 12.2. The standard InChI is InChI=1S/C43H38N2/c1-29-16-21-36(22-17-29)44(34-12-8-6-9-13-34)42-38-25-20-31(3)26-39(38)43(41-28-33(5)32(4)27-40(41)42)45(35-14-10-7-11-15-35)37-23-18-30(2)19-24-37/h6-28H,1-5H3. The van der Waals surface area contributed by atoms with E-state index in [0.29, 0.717) is 0 Å². The fraction of sp³-hybridized carbons (Fsp3) is 0.116. The molecule has 0 amide bonds. The highest BCUT2D eigenvalue weighted by Gasteiger charge is 2.26. The third-order valence-electron chi connectivity index (χ3n) is 8.89. The van der Waals surface area contributed by atoms with Crippen LogP contribution < -0.4 is 9.80 Å². The van der Waals surface area contributed by atoms with Gasteiger partial charge in [0.1, 0.15) is 0 Å². The molecule has 45 heavy (non-hydrogen) atoms. The molecule has 0 unspecified atom stereocenters. The molecule has 0 aliphatic carbocycles. The first-order valence-corrected chi connectivity index (χ1v) is 15.7. The van der Waals surface area contributed by atoms with Gasteiger partial charge in [0.15, 0.2) is 0 Å². The molecule has 2 heteroatoms. The Balaban J connectivity index is 1.67. The molecule has 7 aromatic rings. The lowest BCUT2D eigenvalue weighted by molar-refractivity contribution is 1.28. The number of hydrogen-bond acceptors (Lipinski definition) is 2. The largest absolute Gasteiger partial charge is 0.309 e. The molecule has 0 bridgehead atoms. The molecular formula is C43H38N2. The van der Waals surface area contributed by atoms with Gasteiger partial charge in [-0.05, 0) is 112 Å². The van der Waals surface area contributed by atoms with Crippen molar-refractivity contribution in [2.24, 2.45) is 0 Å². The Bertz CT molecular complexity index is 2130. The van der Waals surface area contributed by atoms with Gasteiger partial charge in [0.05, 0.1) is 11.4 Å². The zero-order chi connectivity index (χ0) is 31.1. The topological polar surface area (TPSA) is 6.48 Å². The van der Waals surface area contributed by atoms with Crippen LogP contribution in [0.25, 0.3) is 21.5 Å². The lowest BCUT2D eigenvalue weighted by atomic mass is 9.92. The molecule has 7 aromatic carbocycles. The maximum atomic E-state index is 2.45. The number of fused-ring (bicyclic) bond motifs is 2. The van der Waals surface area contributed by atoms with Crippen LogP contribution in [0.4, 0.5) is 34.1 Å². The van der Waals surface area contributed by atoms with Crippen molar-refractivity contribution < 1.29 is 0 Å². The average molecular weight is 583 g/mol. The zero-order valence-electron chi connectivity index (χ0n) is 26.7. The zero-order valence-corrected chi connectivity index (χ0v) is 26.7. The monoisotopic (exact) mass is 582 g/mol. The summed E-state index contributed by atoms with van der Waals surface area (Å²) in [5.74, 6) is 0. The number of nitrogens with zero attached hydrogens (tertiary/aromatic N) is 2. The molecule has 0 fully saturated rings. The molecule has 0 N–H and O–H groups in total. The molecule has 0 aliphatic rings. The van der Waals surface area contributed by atoms with Crippen LogP contribution in [0.5, 0.6) is 0 Å². The molecule has 220 valence electrons. The van der Waals surface area contributed by atoms with Crippen LogP contribution in [0.2, 0.25) is 0 Å². The predicted octanol–water partition coefficient (Wildman–Crippen LogP) is 12.5. The summed E-state index contributed by atoms with van der Waals surface area (Å²) < 4.78 is 0. The van der Waals surface area contributed by atoms with Gasteiger partial charge >= 0.3 is 0 Å². The summed E-state index contributed by atoms with van der Waals surface area (Å²) >= 11 is 0. The van der Waals surface area contributed by atoms with E-state index in [1.54, 1.807) is 0 Å². The predicted molar refractivity (Wildman–Crippen MR) is 195 cm³/mol. The van der Waals surface area contributed by atoms with Crippen molar-refractivity contribution in [3.63, 3.8) is 0 Å². The fourth-order valence-corrected chi connectivity index (χ4v) is 6.40. The molecule has 0 saturated carbocycles. The second kappa shape index (κ2) is 11.6. The van der Waals surface area contributed by atoms with Gasteiger partial charge in [0.2, 0.25) is 0 Å². The van der Waals surface area contributed by atoms with Crippen molar-refractivity contribution in [1.82, 2.24) is 0 Å². The smallest absolute Gasteiger partial charge is 0.0620 e. The van der Waals surface area contributed by atoms with E-state index < -0.39 is 0 Å². The van der Waals surface area contributed by atoms with Crippen LogP contribution in [-0.4, -0.2) is 0 Å². The molecule has 0 saturated heterocycles. The van der Waals surface area contributed by atoms with Crippen LogP contribution in [0, 0.1) is 34.6 Å². The third-order valence-corrected chi connectivity index (χ3v) is 8.89. The Labute approximate surface area is 266 Å². The van der Waals surface area contributed by atoms with E-state index in [9.17, 15) is 0 Å². The number of hydrogen-bond donors (Lipinski definition) is 0. The van der Waals surface area contributed by atoms with E-state index in [1.165, 1.54) is 60.7 Å². The first-order valence-electron chi connectivity index (χ1n) is 15.7. The van der Waals surface area contributed by atoms with E-state index in [1.807, 2.05) is 0 Å². The van der Waals surface area contributed by atoms with Crippen LogP contribution in [-0.2, 0) is 0 Å². The van der Waals surface area contributed by atoms with E-state index >= 15 is 0 Å². The highest BCUT2D eigenvalue weighted by Crippen LogP contribution is 2.51. The molecule has 0 atom stereocenters.